The number of carbonyl (C=O) groups is 1. The molecule has 5 heteroatoms. The lowest BCUT2D eigenvalue weighted by molar-refractivity contribution is -0.384. The average molecular weight is 337 g/mol. The Morgan fingerprint density at radius 2 is 1.84 bits per heavy atom. The molecular formula is C20H19NO4. The number of nitrogens with zero attached hydrogens (tertiary/aromatic N) is 1. The first-order chi connectivity index (χ1) is 12.1. The molecular weight excluding hydrogens is 318 g/mol. The highest BCUT2D eigenvalue weighted by atomic mass is 16.6. The van der Waals surface area contributed by atoms with Crippen molar-refractivity contribution in [1.29, 1.82) is 0 Å². The van der Waals surface area contributed by atoms with Crippen molar-refractivity contribution >= 4 is 11.7 Å². The lowest BCUT2D eigenvalue weighted by Crippen LogP contribution is -2.09. The molecule has 0 bridgehead atoms. The summed E-state index contributed by atoms with van der Waals surface area (Å²) in [5.41, 5.74) is 5.67. The van der Waals surface area contributed by atoms with E-state index in [-0.39, 0.29) is 11.7 Å². The molecule has 2 aromatic rings. The van der Waals surface area contributed by atoms with E-state index in [1.165, 1.54) is 23.3 Å². The van der Waals surface area contributed by atoms with Crippen molar-refractivity contribution in [3.63, 3.8) is 0 Å². The highest BCUT2D eigenvalue weighted by molar-refractivity contribution is 5.83. The van der Waals surface area contributed by atoms with E-state index in [9.17, 15) is 14.9 Å². The molecule has 0 saturated carbocycles. The number of hydrogen-bond acceptors (Lipinski definition) is 4. The fourth-order valence-electron chi connectivity index (χ4n) is 3.09. The maximum absolute atomic E-state index is 11.6. The molecule has 0 spiro atoms. The Labute approximate surface area is 146 Å². The standard InChI is InChI=1S/C20H19NO4/c1-2-25-20(22)12-14-3-4-18-13-17(6-5-16(18)11-14)15-7-9-19(10-8-15)21(23)24/h5-10,12-13H,2-4,11H2,1H3. The number of carbonyl (C=O) groups excluding carboxylic acids is 1. The van der Waals surface area contributed by atoms with E-state index < -0.39 is 4.92 Å². The molecule has 0 aliphatic heterocycles. The molecule has 0 fully saturated rings. The van der Waals surface area contributed by atoms with Crippen molar-refractivity contribution in [2.24, 2.45) is 0 Å². The number of nitro benzene ring substituents is 1. The summed E-state index contributed by atoms with van der Waals surface area (Å²) in [4.78, 5) is 22.0. The van der Waals surface area contributed by atoms with Gasteiger partial charge in [-0.25, -0.2) is 4.79 Å². The molecule has 3 rings (SSSR count). The van der Waals surface area contributed by atoms with Crippen molar-refractivity contribution in [2.45, 2.75) is 26.2 Å². The van der Waals surface area contributed by atoms with Crippen LogP contribution in [0.1, 0.15) is 24.5 Å². The normalized spacial score (nSPS) is 14.8. The lowest BCUT2D eigenvalue weighted by atomic mass is 9.86. The molecule has 0 aromatic heterocycles. The van der Waals surface area contributed by atoms with Crippen LogP contribution in [0.2, 0.25) is 0 Å². The van der Waals surface area contributed by atoms with Crippen LogP contribution < -0.4 is 0 Å². The Morgan fingerprint density at radius 1 is 1.12 bits per heavy atom. The maximum atomic E-state index is 11.6. The third-order valence-corrected chi connectivity index (χ3v) is 4.36. The van der Waals surface area contributed by atoms with Gasteiger partial charge in [-0.15, -0.1) is 0 Å². The van der Waals surface area contributed by atoms with Crippen molar-refractivity contribution in [3.05, 3.63) is 75.4 Å². The first-order valence-electron chi connectivity index (χ1n) is 8.29. The van der Waals surface area contributed by atoms with Gasteiger partial charge in [-0.05, 0) is 60.6 Å². The van der Waals surface area contributed by atoms with Gasteiger partial charge >= 0.3 is 5.97 Å². The quantitative estimate of drug-likeness (QED) is 0.362. The van der Waals surface area contributed by atoms with Gasteiger partial charge in [-0.2, -0.15) is 0 Å². The number of ether oxygens (including phenoxy) is 1. The van der Waals surface area contributed by atoms with Crippen LogP contribution in [0.25, 0.3) is 11.1 Å². The van der Waals surface area contributed by atoms with E-state index in [0.29, 0.717) is 6.61 Å². The Balaban J connectivity index is 1.80. The zero-order valence-electron chi connectivity index (χ0n) is 14.0. The van der Waals surface area contributed by atoms with E-state index in [1.54, 1.807) is 25.1 Å². The SMILES string of the molecule is CCOC(=O)C=C1CCc2cc(-c3ccc([N+](=O)[O-])cc3)ccc2C1. The third-order valence-electron chi connectivity index (χ3n) is 4.36. The third kappa shape index (κ3) is 3.94. The molecule has 0 heterocycles. The van der Waals surface area contributed by atoms with Crippen LogP contribution in [-0.4, -0.2) is 17.5 Å². The number of esters is 1. The topological polar surface area (TPSA) is 69.4 Å². The number of aryl methyl sites for hydroxylation is 1. The van der Waals surface area contributed by atoms with Crippen LogP contribution in [0.4, 0.5) is 5.69 Å². The minimum absolute atomic E-state index is 0.0930. The van der Waals surface area contributed by atoms with E-state index >= 15 is 0 Å². The highest BCUT2D eigenvalue weighted by Gasteiger charge is 2.15. The molecule has 1 aliphatic carbocycles. The van der Waals surface area contributed by atoms with Crippen LogP contribution in [0.3, 0.4) is 0 Å². The summed E-state index contributed by atoms with van der Waals surface area (Å²) in [5.74, 6) is -0.275. The predicted octanol–water partition coefficient (Wildman–Crippen LogP) is 4.24. The average Bonchev–Trinajstić information content (AvgIpc) is 2.61. The molecule has 1 aliphatic rings. The van der Waals surface area contributed by atoms with Gasteiger partial charge in [0.1, 0.15) is 0 Å². The molecule has 5 nitrogen and oxygen atoms in total. The second-order valence-electron chi connectivity index (χ2n) is 6.02. The van der Waals surface area contributed by atoms with Gasteiger partial charge in [0, 0.05) is 18.2 Å². The van der Waals surface area contributed by atoms with Gasteiger partial charge in [0.25, 0.3) is 5.69 Å². The predicted molar refractivity (Wildman–Crippen MR) is 95.3 cm³/mol. The van der Waals surface area contributed by atoms with Crippen molar-refractivity contribution in [1.82, 2.24) is 0 Å². The molecule has 0 amide bonds. The molecule has 128 valence electrons. The van der Waals surface area contributed by atoms with E-state index in [0.717, 1.165) is 36.0 Å². The van der Waals surface area contributed by atoms with Crippen LogP contribution in [0, 0.1) is 10.1 Å². The van der Waals surface area contributed by atoms with Crippen molar-refractivity contribution in [2.75, 3.05) is 6.61 Å². The minimum Gasteiger partial charge on any atom is -0.463 e. The molecule has 0 atom stereocenters. The molecule has 0 unspecified atom stereocenters. The molecule has 2 aromatic carbocycles. The molecule has 25 heavy (non-hydrogen) atoms. The van der Waals surface area contributed by atoms with Crippen molar-refractivity contribution < 1.29 is 14.5 Å². The van der Waals surface area contributed by atoms with Crippen LogP contribution in [0.5, 0.6) is 0 Å². The Morgan fingerprint density at radius 3 is 2.52 bits per heavy atom. The summed E-state index contributed by atoms with van der Waals surface area (Å²) in [6, 6.07) is 12.8. The second-order valence-corrected chi connectivity index (χ2v) is 6.02. The van der Waals surface area contributed by atoms with Crippen LogP contribution >= 0.6 is 0 Å². The fraction of sp³-hybridized carbons (Fsp3) is 0.250. The molecule has 0 saturated heterocycles. The summed E-state index contributed by atoms with van der Waals surface area (Å²) in [7, 11) is 0. The number of nitro groups is 1. The fourth-order valence-corrected chi connectivity index (χ4v) is 3.09. The van der Waals surface area contributed by atoms with Gasteiger partial charge in [0.2, 0.25) is 0 Å². The Bertz CT molecular complexity index is 837. The van der Waals surface area contributed by atoms with Crippen LogP contribution in [-0.2, 0) is 22.4 Å². The monoisotopic (exact) mass is 337 g/mol. The summed E-state index contributed by atoms with van der Waals surface area (Å²) >= 11 is 0. The van der Waals surface area contributed by atoms with Gasteiger partial charge in [0.05, 0.1) is 11.5 Å². The first-order valence-corrected chi connectivity index (χ1v) is 8.29. The first kappa shape index (κ1) is 16.9. The van der Waals surface area contributed by atoms with E-state index in [2.05, 4.69) is 12.1 Å². The van der Waals surface area contributed by atoms with E-state index in [4.69, 9.17) is 4.74 Å². The van der Waals surface area contributed by atoms with Crippen molar-refractivity contribution in [3.8, 4) is 11.1 Å². The largest absolute Gasteiger partial charge is 0.463 e. The zero-order chi connectivity index (χ0) is 17.8. The summed E-state index contributed by atoms with van der Waals surface area (Å²) < 4.78 is 4.97. The summed E-state index contributed by atoms with van der Waals surface area (Å²) in [6.45, 7) is 2.18. The van der Waals surface area contributed by atoms with Gasteiger partial charge < -0.3 is 4.74 Å². The maximum Gasteiger partial charge on any atom is 0.330 e. The Kier molecular flexibility index (Phi) is 4.93. The highest BCUT2D eigenvalue weighted by Crippen LogP contribution is 2.30. The number of fused-ring (bicyclic) bond motifs is 1. The second kappa shape index (κ2) is 7.30. The van der Waals surface area contributed by atoms with Gasteiger partial charge in [-0.1, -0.05) is 23.8 Å². The van der Waals surface area contributed by atoms with Gasteiger partial charge in [0.15, 0.2) is 0 Å². The van der Waals surface area contributed by atoms with E-state index in [1.807, 2.05) is 6.07 Å². The number of benzene rings is 2. The molecule has 0 N–H and O–H groups in total. The molecule has 0 radical (unpaired) electrons. The zero-order valence-corrected chi connectivity index (χ0v) is 14.0. The smallest absolute Gasteiger partial charge is 0.330 e. The number of rotatable bonds is 4. The number of non-ortho nitro benzene ring substituents is 1. The van der Waals surface area contributed by atoms with Gasteiger partial charge in [-0.3, -0.25) is 10.1 Å². The Hall–Kier alpha value is -2.95. The minimum atomic E-state index is -0.395. The number of hydrogen-bond donors (Lipinski definition) is 0. The summed E-state index contributed by atoms with van der Waals surface area (Å²) in [6.07, 6.45) is 4.09. The van der Waals surface area contributed by atoms with Crippen LogP contribution in [0.15, 0.2) is 54.1 Å². The number of allylic oxidation sites excluding steroid dienone is 1. The lowest BCUT2D eigenvalue weighted by Gasteiger charge is -2.19. The summed E-state index contributed by atoms with van der Waals surface area (Å²) in [5, 5.41) is 10.8.